The van der Waals surface area contributed by atoms with Crippen molar-refractivity contribution in [3.8, 4) is 0 Å². The van der Waals surface area contributed by atoms with Crippen molar-refractivity contribution in [3.63, 3.8) is 0 Å². The summed E-state index contributed by atoms with van der Waals surface area (Å²) in [7, 11) is 0. The number of nitrogens with one attached hydrogen (secondary N) is 2. The van der Waals surface area contributed by atoms with E-state index < -0.39 is 41.3 Å². The lowest BCUT2D eigenvalue weighted by Crippen LogP contribution is -2.53. The Bertz CT molecular complexity index is 667. The Morgan fingerprint density at radius 3 is 2.29 bits per heavy atom. The van der Waals surface area contributed by atoms with Crippen LogP contribution in [0.2, 0.25) is 0 Å². The number of carbonyl (C=O) groups excluding carboxylic acids is 4. The summed E-state index contributed by atoms with van der Waals surface area (Å²) >= 11 is 0. The van der Waals surface area contributed by atoms with Gasteiger partial charge in [0.25, 0.3) is 0 Å². The van der Waals surface area contributed by atoms with Crippen LogP contribution in [-0.2, 0) is 28.7 Å². The summed E-state index contributed by atoms with van der Waals surface area (Å²) in [6, 6.07) is -2.03. The molecule has 2 atom stereocenters. The molecule has 11 nitrogen and oxygen atoms in total. The summed E-state index contributed by atoms with van der Waals surface area (Å²) in [4.78, 5) is 51.8. The second-order valence-corrected chi connectivity index (χ2v) is 8.44. The first-order valence-electron chi connectivity index (χ1n) is 10.2. The zero-order chi connectivity index (χ0) is 24.0. The van der Waals surface area contributed by atoms with Gasteiger partial charge in [-0.05, 0) is 39.5 Å². The molecule has 4 N–H and O–H groups in total. The quantitative estimate of drug-likeness (QED) is 0.111. The Morgan fingerprint density at radius 2 is 1.77 bits per heavy atom. The minimum absolute atomic E-state index is 0.0620. The van der Waals surface area contributed by atoms with Crippen molar-refractivity contribution in [1.29, 1.82) is 0 Å². The minimum atomic E-state index is -1.12. The lowest BCUT2D eigenvalue weighted by atomic mass is 10.0. The maximum atomic E-state index is 12.8. The maximum Gasteiger partial charge on any atom is 0.329 e. The van der Waals surface area contributed by atoms with Gasteiger partial charge in [0.2, 0.25) is 17.6 Å². The highest BCUT2D eigenvalue weighted by molar-refractivity contribution is 6.25. The van der Waals surface area contributed by atoms with Crippen molar-refractivity contribution in [2.75, 3.05) is 19.8 Å². The molecule has 0 bridgehead atoms. The van der Waals surface area contributed by atoms with Crippen molar-refractivity contribution in [2.24, 2.45) is 11.7 Å². The topological polar surface area (TPSA) is 173 Å². The summed E-state index contributed by atoms with van der Waals surface area (Å²) in [6.07, 6.45) is 0.832. The van der Waals surface area contributed by atoms with Gasteiger partial charge in [0.15, 0.2) is 0 Å². The lowest BCUT2D eigenvalue weighted by molar-refractivity contribution is -0.159. The van der Waals surface area contributed by atoms with Crippen LogP contribution in [0, 0.1) is 5.92 Å². The molecule has 31 heavy (non-hydrogen) atoms. The fraction of sp³-hybridized carbons (Fsp3) is 0.750. The molecule has 11 heteroatoms. The fourth-order valence-corrected chi connectivity index (χ4v) is 2.50. The van der Waals surface area contributed by atoms with Crippen LogP contribution in [0.1, 0.15) is 53.9 Å². The Morgan fingerprint density at radius 1 is 1.13 bits per heavy atom. The number of esters is 1. The molecule has 0 aromatic rings. The van der Waals surface area contributed by atoms with Crippen LogP contribution < -0.4 is 16.4 Å². The number of nitrogens with zero attached hydrogens (tertiary/aromatic N) is 2. The minimum Gasteiger partial charge on any atom is -0.458 e. The highest BCUT2D eigenvalue weighted by Crippen LogP contribution is 2.12. The molecule has 0 fully saturated rings. The third-order valence-corrected chi connectivity index (χ3v) is 3.74. The largest absolute Gasteiger partial charge is 0.458 e. The number of hydrogen-bond donors (Lipinski definition) is 3. The van der Waals surface area contributed by atoms with E-state index in [0.29, 0.717) is 6.42 Å². The molecule has 0 rings (SSSR count). The molecular weight excluding hydrogens is 406 g/mol. The van der Waals surface area contributed by atoms with Crippen LogP contribution in [0.3, 0.4) is 0 Å². The third-order valence-electron chi connectivity index (χ3n) is 3.74. The number of ketones is 1. The first-order valence-corrected chi connectivity index (χ1v) is 10.2. The van der Waals surface area contributed by atoms with Crippen LogP contribution in [0.15, 0.2) is 0 Å². The zero-order valence-electron chi connectivity index (χ0n) is 19.0. The van der Waals surface area contributed by atoms with Gasteiger partial charge in [0, 0.05) is 13.0 Å². The molecule has 0 aromatic heterocycles. The number of carbonyl (C=O) groups is 4. The van der Waals surface area contributed by atoms with Gasteiger partial charge in [-0.2, -0.15) is 4.79 Å². The zero-order valence-corrected chi connectivity index (χ0v) is 19.0. The molecule has 2 amide bonds. The highest BCUT2D eigenvalue weighted by Gasteiger charge is 2.30. The van der Waals surface area contributed by atoms with Gasteiger partial charge in [-0.15, -0.1) is 0 Å². The van der Waals surface area contributed by atoms with E-state index in [0.717, 1.165) is 6.21 Å². The third kappa shape index (κ3) is 14.1. The number of ether oxygens (including phenoxy) is 2. The second kappa shape index (κ2) is 14.4. The van der Waals surface area contributed by atoms with E-state index in [2.05, 4.69) is 15.4 Å². The predicted molar refractivity (Wildman–Crippen MR) is 113 cm³/mol. The number of hydrogen-bond acceptors (Lipinski definition) is 7. The molecule has 0 aromatic carbocycles. The molecule has 0 saturated carbocycles. The van der Waals surface area contributed by atoms with Gasteiger partial charge in [-0.3, -0.25) is 14.4 Å². The molecule has 1 unspecified atom stereocenters. The van der Waals surface area contributed by atoms with Gasteiger partial charge < -0.3 is 31.4 Å². The highest BCUT2D eigenvalue weighted by atomic mass is 16.6. The number of Topliss-reactive ketones (excluding diaryl/α,β-unsaturated/α-hetero) is 1. The summed E-state index contributed by atoms with van der Waals surface area (Å²) in [5.41, 5.74) is 13.0. The Balaban J connectivity index is 5.32. The molecule has 0 aliphatic carbocycles. The van der Waals surface area contributed by atoms with E-state index in [1.807, 2.05) is 13.8 Å². The maximum absolute atomic E-state index is 12.8. The number of nitrogens with two attached hydrogens (primary N) is 1. The van der Waals surface area contributed by atoms with Crippen LogP contribution in [0.25, 0.3) is 5.53 Å². The smallest absolute Gasteiger partial charge is 0.329 e. The van der Waals surface area contributed by atoms with E-state index in [1.54, 1.807) is 20.8 Å². The Labute approximate surface area is 183 Å². The van der Waals surface area contributed by atoms with Crippen molar-refractivity contribution in [1.82, 2.24) is 10.6 Å². The van der Waals surface area contributed by atoms with Crippen LogP contribution in [-0.4, -0.2) is 72.0 Å². The van der Waals surface area contributed by atoms with E-state index >= 15 is 0 Å². The lowest BCUT2D eigenvalue weighted by Gasteiger charge is -2.26. The number of rotatable bonds is 14. The first kappa shape index (κ1) is 28.4. The van der Waals surface area contributed by atoms with Crippen molar-refractivity contribution >= 4 is 29.8 Å². The molecule has 0 aliphatic rings. The molecule has 0 saturated heterocycles. The molecule has 0 radical (unpaired) electrons. The van der Waals surface area contributed by atoms with Gasteiger partial charge >= 0.3 is 12.2 Å². The second-order valence-electron chi connectivity index (χ2n) is 8.44. The van der Waals surface area contributed by atoms with Gasteiger partial charge in [-0.25, -0.2) is 4.79 Å². The Kier molecular flexibility index (Phi) is 13.2. The standard InChI is InChI=1S/C20H35N5O6/c1-13(2)10-16(24-17(27)12-30-9-8-21)18(28)25-15(7-6-14(26)11-23-22)19(29)31-20(3,4)5/h11,13,15-16H,6-10,12,21H2,1-5H3,(H,24,27)(H,25,28)/t15?,16-/m0/s1. The summed E-state index contributed by atoms with van der Waals surface area (Å²) < 4.78 is 10.4. The van der Waals surface area contributed by atoms with E-state index in [-0.39, 0.29) is 38.5 Å². The van der Waals surface area contributed by atoms with Crippen molar-refractivity contribution in [2.45, 2.75) is 71.6 Å². The summed E-state index contributed by atoms with van der Waals surface area (Å²) in [6.45, 7) is 9.03. The molecule has 0 aliphatic heterocycles. The normalized spacial score (nSPS) is 13.0. The average molecular weight is 442 g/mol. The molecule has 176 valence electrons. The van der Waals surface area contributed by atoms with E-state index in [1.165, 1.54) is 0 Å². The fourth-order valence-electron chi connectivity index (χ4n) is 2.50. The molecular formula is C20H35N5O6. The van der Waals surface area contributed by atoms with Crippen LogP contribution in [0.5, 0.6) is 0 Å². The summed E-state index contributed by atoms with van der Waals surface area (Å²) in [5.74, 6) is -2.23. The van der Waals surface area contributed by atoms with E-state index in [4.69, 9.17) is 20.7 Å². The van der Waals surface area contributed by atoms with Gasteiger partial charge in [0.1, 0.15) is 24.3 Å². The van der Waals surface area contributed by atoms with E-state index in [9.17, 15) is 19.2 Å². The monoisotopic (exact) mass is 441 g/mol. The molecule has 0 spiro atoms. The average Bonchev–Trinajstić information content (AvgIpc) is 2.63. The SMILES string of the molecule is CC(C)C[C@H](NC(=O)COCCN)C(=O)NC(CCC(=O)C=[N+]=[N-])C(=O)OC(C)(C)C. The van der Waals surface area contributed by atoms with Gasteiger partial charge in [-0.1, -0.05) is 13.8 Å². The number of amides is 2. The van der Waals surface area contributed by atoms with Crippen LogP contribution >= 0.6 is 0 Å². The predicted octanol–water partition coefficient (Wildman–Crippen LogP) is -0.0310. The van der Waals surface area contributed by atoms with Gasteiger partial charge in [0.05, 0.1) is 6.61 Å². The van der Waals surface area contributed by atoms with Crippen molar-refractivity contribution < 1.29 is 33.4 Å². The van der Waals surface area contributed by atoms with Crippen LogP contribution in [0.4, 0.5) is 0 Å². The first-order chi connectivity index (χ1) is 14.4. The summed E-state index contributed by atoms with van der Waals surface area (Å²) in [5, 5.41) is 5.16. The Hall–Kier alpha value is -2.62. The molecule has 0 heterocycles. The van der Waals surface area contributed by atoms with Crippen molar-refractivity contribution in [3.05, 3.63) is 5.53 Å².